The van der Waals surface area contributed by atoms with Crippen molar-refractivity contribution in [2.75, 3.05) is 25.1 Å². The number of rotatable bonds is 6. The highest BCUT2D eigenvalue weighted by molar-refractivity contribution is 5.88. The quantitative estimate of drug-likeness (QED) is 0.343. The van der Waals surface area contributed by atoms with E-state index in [9.17, 15) is 27.2 Å². The molecule has 0 aliphatic carbocycles. The minimum Gasteiger partial charge on any atom is -0.464 e. The molecular formula is C26H31F4N5O3. The Morgan fingerprint density at radius 2 is 1.82 bits per heavy atom. The number of ether oxygens (including phenoxy) is 1. The van der Waals surface area contributed by atoms with Crippen molar-refractivity contribution >= 4 is 17.4 Å². The zero-order valence-corrected chi connectivity index (χ0v) is 21.9. The van der Waals surface area contributed by atoms with Crippen LogP contribution in [-0.2, 0) is 18.0 Å². The van der Waals surface area contributed by atoms with E-state index < -0.39 is 29.6 Å². The molecule has 3 aromatic rings. The number of hydrogen-bond donors (Lipinski definition) is 0. The Bertz CT molecular complexity index is 1400. The van der Waals surface area contributed by atoms with Crippen LogP contribution in [0.1, 0.15) is 61.3 Å². The molecule has 1 unspecified atom stereocenters. The van der Waals surface area contributed by atoms with Crippen molar-refractivity contribution in [2.45, 2.75) is 57.9 Å². The van der Waals surface area contributed by atoms with E-state index in [1.54, 1.807) is 14.0 Å². The van der Waals surface area contributed by atoms with Crippen LogP contribution < -0.4 is 10.5 Å². The van der Waals surface area contributed by atoms with Gasteiger partial charge in [0.1, 0.15) is 17.3 Å². The molecule has 8 nitrogen and oxygen atoms in total. The second-order valence-electron chi connectivity index (χ2n) is 9.57. The van der Waals surface area contributed by atoms with Crippen molar-refractivity contribution in [3.8, 4) is 0 Å². The van der Waals surface area contributed by atoms with E-state index >= 15 is 0 Å². The number of methoxy groups -OCH3 is 1. The predicted octanol–water partition coefficient (Wildman–Crippen LogP) is 4.42. The van der Waals surface area contributed by atoms with Gasteiger partial charge in [-0.2, -0.15) is 22.8 Å². The summed E-state index contributed by atoms with van der Waals surface area (Å²) >= 11 is 0. The van der Waals surface area contributed by atoms with E-state index in [2.05, 4.69) is 5.10 Å². The second kappa shape index (κ2) is 10.4. The Kier molecular flexibility index (Phi) is 7.55. The van der Waals surface area contributed by atoms with Gasteiger partial charge in [0.2, 0.25) is 0 Å². The summed E-state index contributed by atoms with van der Waals surface area (Å²) in [5.41, 5.74) is -0.781. The van der Waals surface area contributed by atoms with Crippen LogP contribution in [-0.4, -0.2) is 57.3 Å². The molecule has 1 aromatic carbocycles. The topological polar surface area (TPSA) is 72.1 Å². The molecule has 1 aliphatic rings. The van der Waals surface area contributed by atoms with Gasteiger partial charge in [-0.25, -0.2) is 9.18 Å². The van der Waals surface area contributed by atoms with Gasteiger partial charge in [0, 0.05) is 50.4 Å². The molecule has 0 N–H and O–H groups in total. The van der Waals surface area contributed by atoms with E-state index in [4.69, 9.17) is 4.74 Å². The SMILES string of the molecule is CC[C@H]1CN(C(C)c2ccc(F)cc2C(F)(F)F)[C@H](CC)CN1c1cc(=O)n(C)c2cc(C(=O)OC)nn12. The molecule has 4 rings (SSSR count). The number of anilines is 1. The predicted molar refractivity (Wildman–Crippen MR) is 134 cm³/mol. The molecule has 0 radical (unpaired) electrons. The maximum absolute atomic E-state index is 13.8. The number of halogens is 4. The molecule has 3 atom stereocenters. The fourth-order valence-corrected chi connectivity index (χ4v) is 5.33. The second-order valence-corrected chi connectivity index (χ2v) is 9.57. The van der Waals surface area contributed by atoms with Gasteiger partial charge in [-0.15, -0.1) is 0 Å². The van der Waals surface area contributed by atoms with Gasteiger partial charge in [-0.3, -0.25) is 14.3 Å². The van der Waals surface area contributed by atoms with E-state index in [-0.39, 0.29) is 28.9 Å². The first kappa shape index (κ1) is 27.6. The van der Waals surface area contributed by atoms with Gasteiger partial charge < -0.3 is 9.64 Å². The number of benzene rings is 1. The molecule has 0 bridgehead atoms. The zero-order valence-electron chi connectivity index (χ0n) is 21.9. The van der Waals surface area contributed by atoms with Crippen molar-refractivity contribution in [2.24, 2.45) is 7.05 Å². The maximum Gasteiger partial charge on any atom is 0.416 e. The van der Waals surface area contributed by atoms with Crippen LogP contribution in [0, 0.1) is 5.82 Å². The number of fused-ring (bicyclic) bond motifs is 1. The minimum absolute atomic E-state index is 0.0198. The Morgan fingerprint density at radius 3 is 2.42 bits per heavy atom. The molecule has 0 saturated carbocycles. The number of alkyl halides is 3. The monoisotopic (exact) mass is 537 g/mol. The first-order valence-corrected chi connectivity index (χ1v) is 12.5. The van der Waals surface area contributed by atoms with Crippen molar-refractivity contribution < 1.29 is 27.1 Å². The number of aromatic nitrogens is 3. The van der Waals surface area contributed by atoms with E-state index in [1.165, 1.54) is 34.4 Å². The normalized spacial score (nSPS) is 19.7. The molecule has 1 saturated heterocycles. The molecule has 0 amide bonds. The Balaban J connectivity index is 1.76. The van der Waals surface area contributed by atoms with Gasteiger partial charge in [-0.1, -0.05) is 19.9 Å². The molecule has 12 heteroatoms. The van der Waals surface area contributed by atoms with Crippen LogP contribution in [0.15, 0.2) is 35.1 Å². The van der Waals surface area contributed by atoms with Crippen molar-refractivity contribution in [3.63, 3.8) is 0 Å². The molecule has 2 aromatic heterocycles. The van der Waals surface area contributed by atoms with Gasteiger partial charge in [0.05, 0.1) is 12.7 Å². The Labute approximate surface area is 217 Å². The Hall–Kier alpha value is -3.41. The van der Waals surface area contributed by atoms with Crippen LogP contribution in [0.4, 0.5) is 23.4 Å². The number of hydrogen-bond acceptors (Lipinski definition) is 6. The highest BCUT2D eigenvalue weighted by Gasteiger charge is 2.40. The number of carbonyl (C=O) groups is 1. The van der Waals surface area contributed by atoms with Gasteiger partial charge in [0.15, 0.2) is 5.69 Å². The fourth-order valence-electron chi connectivity index (χ4n) is 5.33. The largest absolute Gasteiger partial charge is 0.464 e. The van der Waals surface area contributed by atoms with Crippen LogP contribution in [0.3, 0.4) is 0 Å². The maximum atomic E-state index is 13.8. The summed E-state index contributed by atoms with van der Waals surface area (Å²) in [5, 5.41) is 4.40. The third-order valence-electron chi connectivity index (χ3n) is 7.47. The standard InChI is InChI=1S/C26H31F4N5O3/c1-6-17-14-34(23-12-24(36)32(4)22-11-21(25(37)38-5)31-35(22)23)18(7-2)13-33(17)15(3)19-9-8-16(27)10-20(19)26(28,29)30/h8-12,15,17-18H,6-7,13-14H2,1-5H3/t15?,17-,18+/m1/s1. The van der Waals surface area contributed by atoms with Gasteiger partial charge >= 0.3 is 12.1 Å². The molecule has 3 heterocycles. The minimum atomic E-state index is -4.69. The van der Waals surface area contributed by atoms with E-state index in [0.717, 1.165) is 6.07 Å². The third kappa shape index (κ3) is 4.89. The smallest absolute Gasteiger partial charge is 0.416 e. The first-order valence-electron chi connectivity index (χ1n) is 12.5. The average Bonchev–Trinajstić information content (AvgIpc) is 3.34. The number of esters is 1. The van der Waals surface area contributed by atoms with Crippen molar-refractivity contribution in [1.29, 1.82) is 0 Å². The molecule has 1 fully saturated rings. The van der Waals surface area contributed by atoms with Gasteiger partial charge in [-0.05, 0) is 37.5 Å². The number of piperazine rings is 1. The van der Waals surface area contributed by atoms with Crippen LogP contribution in [0.25, 0.3) is 5.65 Å². The lowest BCUT2D eigenvalue weighted by molar-refractivity contribution is -0.139. The molecule has 38 heavy (non-hydrogen) atoms. The lowest BCUT2D eigenvalue weighted by atomic mass is 9.94. The molecule has 206 valence electrons. The fraction of sp³-hybridized carbons (Fsp3) is 0.500. The zero-order chi connectivity index (χ0) is 27.9. The van der Waals surface area contributed by atoms with Crippen LogP contribution in [0.2, 0.25) is 0 Å². The summed E-state index contributed by atoms with van der Waals surface area (Å²) in [6.45, 7) is 6.45. The van der Waals surface area contributed by atoms with Crippen molar-refractivity contribution in [1.82, 2.24) is 19.1 Å². The first-order chi connectivity index (χ1) is 17.9. The lowest BCUT2D eigenvalue weighted by Gasteiger charge is -2.49. The summed E-state index contributed by atoms with van der Waals surface area (Å²) in [4.78, 5) is 29.0. The summed E-state index contributed by atoms with van der Waals surface area (Å²) in [6.07, 6.45) is -3.43. The number of aryl methyl sites for hydroxylation is 1. The molecular weight excluding hydrogens is 506 g/mol. The average molecular weight is 538 g/mol. The highest BCUT2D eigenvalue weighted by Crippen LogP contribution is 2.39. The van der Waals surface area contributed by atoms with E-state index in [1.807, 2.05) is 23.6 Å². The summed E-state index contributed by atoms with van der Waals surface area (Å²) < 4.78 is 62.9. The van der Waals surface area contributed by atoms with Crippen molar-refractivity contribution in [3.05, 3.63) is 63.3 Å². The van der Waals surface area contributed by atoms with Crippen LogP contribution >= 0.6 is 0 Å². The third-order valence-corrected chi connectivity index (χ3v) is 7.47. The van der Waals surface area contributed by atoms with Gasteiger partial charge in [0.25, 0.3) is 5.56 Å². The van der Waals surface area contributed by atoms with E-state index in [0.29, 0.717) is 43.5 Å². The molecule has 1 aliphatic heterocycles. The molecule has 0 spiro atoms. The van der Waals surface area contributed by atoms with Crippen LogP contribution in [0.5, 0.6) is 0 Å². The number of nitrogens with zero attached hydrogens (tertiary/aromatic N) is 5. The lowest BCUT2D eigenvalue weighted by Crippen LogP contribution is -2.59. The highest BCUT2D eigenvalue weighted by atomic mass is 19.4. The summed E-state index contributed by atoms with van der Waals surface area (Å²) in [5.74, 6) is -1.07. The number of carbonyl (C=O) groups excluding carboxylic acids is 1. The summed E-state index contributed by atoms with van der Waals surface area (Å²) in [6, 6.07) is 4.79. The Morgan fingerprint density at radius 1 is 1.13 bits per heavy atom. The summed E-state index contributed by atoms with van der Waals surface area (Å²) in [7, 11) is 2.83.